The van der Waals surface area contributed by atoms with Crippen LogP contribution in [0.15, 0.2) is 47.5 Å². The van der Waals surface area contributed by atoms with Gasteiger partial charge in [0.05, 0.1) is 20.8 Å². The Hall–Kier alpha value is -3.22. The molecule has 0 aliphatic rings. The molecular formula is C21H28N4O3. The molecule has 0 spiro atoms. The third kappa shape index (κ3) is 5.90. The van der Waals surface area contributed by atoms with Gasteiger partial charge in [0.15, 0.2) is 17.5 Å². The molecule has 0 heterocycles. The van der Waals surface area contributed by atoms with Crippen molar-refractivity contribution in [2.75, 3.05) is 27.8 Å². The lowest BCUT2D eigenvalue weighted by molar-refractivity contribution is 0.0963. The molecule has 0 atom stereocenters. The number of carbonyl (C=O) groups is 1. The number of nitrogens with zero attached hydrogens (tertiary/aromatic N) is 1. The summed E-state index contributed by atoms with van der Waals surface area (Å²) < 4.78 is 10.6. The summed E-state index contributed by atoms with van der Waals surface area (Å²) in [5, 5.41) is 9.15. The van der Waals surface area contributed by atoms with Gasteiger partial charge in [-0.25, -0.2) is 4.99 Å². The van der Waals surface area contributed by atoms with E-state index in [1.165, 1.54) is 0 Å². The molecule has 7 nitrogen and oxygen atoms in total. The number of hydrogen-bond acceptors (Lipinski definition) is 4. The molecule has 1 amide bonds. The fraction of sp³-hybridized carbons (Fsp3) is 0.333. The van der Waals surface area contributed by atoms with Crippen molar-refractivity contribution in [3.05, 3.63) is 59.2 Å². The first-order valence-corrected chi connectivity index (χ1v) is 9.15. The molecule has 0 radical (unpaired) electrons. The molecule has 0 saturated carbocycles. The monoisotopic (exact) mass is 384 g/mol. The lowest BCUT2D eigenvalue weighted by Crippen LogP contribution is -2.36. The Balaban J connectivity index is 2.01. The maximum absolute atomic E-state index is 11.6. The summed E-state index contributed by atoms with van der Waals surface area (Å²) in [4.78, 5) is 16.2. The quantitative estimate of drug-likeness (QED) is 0.481. The van der Waals surface area contributed by atoms with Crippen LogP contribution in [0.5, 0.6) is 11.5 Å². The number of guanidine groups is 1. The number of benzene rings is 2. The first-order chi connectivity index (χ1) is 13.6. The molecule has 2 aromatic rings. The van der Waals surface area contributed by atoms with Crippen molar-refractivity contribution in [2.45, 2.75) is 20.0 Å². The van der Waals surface area contributed by atoms with Gasteiger partial charge in [0, 0.05) is 25.7 Å². The van der Waals surface area contributed by atoms with Gasteiger partial charge >= 0.3 is 0 Å². The number of amides is 1. The Morgan fingerprint density at radius 2 is 1.64 bits per heavy atom. The van der Waals surface area contributed by atoms with Crippen LogP contribution >= 0.6 is 0 Å². The van der Waals surface area contributed by atoms with Crippen molar-refractivity contribution < 1.29 is 14.3 Å². The fourth-order valence-electron chi connectivity index (χ4n) is 2.60. The highest BCUT2D eigenvalue weighted by Gasteiger charge is 2.06. The summed E-state index contributed by atoms with van der Waals surface area (Å²) in [6.45, 7) is 3.89. The van der Waals surface area contributed by atoms with E-state index in [9.17, 15) is 4.79 Å². The van der Waals surface area contributed by atoms with E-state index in [1.54, 1.807) is 21.3 Å². The first kappa shape index (κ1) is 21.1. The largest absolute Gasteiger partial charge is 0.493 e. The minimum Gasteiger partial charge on any atom is -0.493 e. The highest BCUT2D eigenvalue weighted by Crippen LogP contribution is 2.27. The zero-order valence-electron chi connectivity index (χ0n) is 16.8. The number of hydrogen-bond donors (Lipinski definition) is 3. The molecule has 0 aromatic heterocycles. The lowest BCUT2D eigenvalue weighted by Gasteiger charge is -2.12. The minimum atomic E-state index is -0.0932. The first-order valence-electron chi connectivity index (χ1n) is 9.15. The molecule has 0 saturated heterocycles. The molecule has 2 rings (SSSR count). The average Bonchev–Trinajstić information content (AvgIpc) is 2.75. The summed E-state index contributed by atoms with van der Waals surface area (Å²) in [5.74, 6) is 2.00. The van der Waals surface area contributed by atoms with Gasteiger partial charge in [0.25, 0.3) is 5.91 Å². The summed E-state index contributed by atoms with van der Waals surface area (Å²) in [5.41, 5.74) is 2.72. The van der Waals surface area contributed by atoms with Crippen LogP contribution in [0.4, 0.5) is 0 Å². The van der Waals surface area contributed by atoms with Crippen molar-refractivity contribution in [2.24, 2.45) is 4.99 Å². The van der Waals surface area contributed by atoms with Gasteiger partial charge in [0.1, 0.15) is 0 Å². The van der Waals surface area contributed by atoms with Gasteiger partial charge in [-0.15, -0.1) is 0 Å². The third-order valence-electron chi connectivity index (χ3n) is 4.12. The number of ether oxygens (including phenoxy) is 2. The van der Waals surface area contributed by atoms with Gasteiger partial charge in [-0.2, -0.15) is 0 Å². The number of carbonyl (C=O) groups excluding carboxylic acids is 1. The molecule has 0 aliphatic heterocycles. The Morgan fingerprint density at radius 1 is 0.964 bits per heavy atom. The van der Waals surface area contributed by atoms with Gasteiger partial charge in [-0.3, -0.25) is 4.79 Å². The van der Waals surface area contributed by atoms with Crippen molar-refractivity contribution >= 4 is 11.9 Å². The van der Waals surface area contributed by atoms with Crippen molar-refractivity contribution in [1.82, 2.24) is 16.0 Å². The zero-order chi connectivity index (χ0) is 20.4. The molecule has 7 heteroatoms. The maximum Gasteiger partial charge on any atom is 0.251 e. The summed E-state index contributed by atoms with van der Waals surface area (Å²) in [6.07, 6.45) is 0. The highest BCUT2D eigenvalue weighted by molar-refractivity contribution is 5.93. The number of methoxy groups -OCH3 is 2. The molecule has 0 unspecified atom stereocenters. The maximum atomic E-state index is 11.6. The SMILES string of the molecule is CCNC(=NCc1ccc(OC)c(OC)c1)NCc1ccc(C(=O)NC)cc1. The molecule has 2 aromatic carbocycles. The normalized spacial score (nSPS) is 10.9. The van der Waals surface area contributed by atoms with E-state index < -0.39 is 0 Å². The molecule has 0 aliphatic carbocycles. The van der Waals surface area contributed by atoms with E-state index in [0.29, 0.717) is 36.1 Å². The van der Waals surface area contributed by atoms with Crippen LogP contribution in [0.3, 0.4) is 0 Å². The fourth-order valence-corrected chi connectivity index (χ4v) is 2.60. The van der Waals surface area contributed by atoms with Crippen LogP contribution in [-0.2, 0) is 13.1 Å². The minimum absolute atomic E-state index is 0.0932. The third-order valence-corrected chi connectivity index (χ3v) is 4.12. The van der Waals surface area contributed by atoms with Crippen molar-refractivity contribution in [3.63, 3.8) is 0 Å². The topological polar surface area (TPSA) is 84.0 Å². The molecule has 0 bridgehead atoms. The Labute approximate surface area is 166 Å². The summed E-state index contributed by atoms with van der Waals surface area (Å²) in [6, 6.07) is 13.2. The van der Waals surface area contributed by atoms with Crippen LogP contribution in [0.1, 0.15) is 28.4 Å². The van der Waals surface area contributed by atoms with Crippen LogP contribution in [0, 0.1) is 0 Å². The van der Waals surface area contributed by atoms with E-state index in [0.717, 1.165) is 17.7 Å². The van der Waals surface area contributed by atoms with E-state index in [4.69, 9.17) is 9.47 Å². The molecule has 150 valence electrons. The van der Waals surface area contributed by atoms with Crippen LogP contribution in [0.2, 0.25) is 0 Å². The van der Waals surface area contributed by atoms with Gasteiger partial charge in [-0.05, 0) is 42.3 Å². The predicted octanol–water partition coefficient (Wildman–Crippen LogP) is 2.32. The summed E-state index contributed by atoms with van der Waals surface area (Å²) >= 11 is 0. The number of nitrogens with one attached hydrogen (secondary N) is 3. The molecule has 28 heavy (non-hydrogen) atoms. The molecular weight excluding hydrogens is 356 g/mol. The zero-order valence-corrected chi connectivity index (χ0v) is 16.8. The second-order valence-corrected chi connectivity index (χ2v) is 6.01. The van der Waals surface area contributed by atoms with Crippen molar-refractivity contribution in [1.29, 1.82) is 0 Å². The standard InChI is InChI=1S/C21H28N4O3/c1-5-23-21(24-13-15-6-9-17(10-7-15)20(26)22-2)25-14-16-8-11-18(27-3)19(12-16)28-4/h6-12H,5,13-14H2,1-4H3,(H,22,26)(H2,23,24,25). The van der Waals surface area contributed by atoms with Crippen molar-refractivity contribution in [3.8, 4) is 11.5 Å². The molecule has 0 fully saturated rings. The second kappa shape index (κ2) is 10.8. The Kier molecular flexibility index (Phi) is 8.14. The van der Waals surface area contributed by atoms with Gasteiger partial charge < -0.3 is 25.4 Å². The van der Waals surface area contributed by atoms with E-state index in [2.05, 4.69) is 20.9 Å². The second-order valence-electron chi connectivity index (χ2n) is 6.01. The van der Waals surface area contributed by atoms with Crippen LogP contribution < -0.4 is 25.4 Å². The Bertz CT molecular complexity index is 804. The van der Waals surface area contributed by atoms with E-state index in [-0.39, 0.29) is 5.91 Å². The highest BCUT2D eigenvalue weighted by atomic mass is 16.5. The average molecular weight is 384 g/mol. The number of rotatable bonds is 8. The van der Waals surface area contributed by atoms with E-state index in [1.807, 2.05) is 49.4 Å². The Morgan fingerprint density at radius 3 is 2.25 bits per heavy atom. The van der Waals surface area contributed by atoms with Crippen LogP contribution in [-0.4, -0.2) is 39.7 Å². The lowest BCUT2D eigenvalue weighted by atomic mass is 10.1. The predicted molar refractivity (Wildman–Crippen MR) is 111 cm³/mol. The van der Waals surface area contributed by atoms with Crippen LogP contribution in [0.25, 0.3) is 0 Å². The van der Waals surface area contributed by atoms with Gasteiger partial charge in [0.2, 0.25) is 0 Å². The van der Waals surface area contributed by atoms with E-state index >= 15 is 0 Å². The number of aliphatic imine (C=N–C) groups is 1. The summed E-state index contributed by atoms with van der Waals surface area (Å²) in [7, 11) is 4.85. The smallest absolute Gasteiger partial charge is 0.251 e. The van der Waals surface area contributed by atoms with Gasteiger partial charge in [-0.1, -0.05) is 18.2 Å². The molecule has 3 N–H and O–H groups in total.